The number of esters is 1. The van der Waals surface area contributed by atoms with Gasteiger partial charge in [0, 0.05) is 31.8 Å². The number of alkyl halides is 3. The second kappa shape index (κ2) is 18.5. The van der Waals surface area contributed by atoms with Crippen molar-refractivity contribution in [2.45, 2.75) is 63.8 Å². The molecular formula is C35H39ClF3N5O4S2. The Labute approximate surface area is 302 Å². The molecule has 268 valence electrons. The lowest BCUT2D eigenvalue weighted by Crippen LogP contribution is -2.40. The second-order valence-corrected chi connectivity index (χ2v) is 13.8. The van der Waals surface area contributed by atoms with Gasteiger partial charge in [-0.25, -0.2) is 4.68 Å². The molecule has 2 heterocycles. The Bertz CT molecular complexity index is 1780. The van der Waals surface area contributed by atoms with Crippen LogP contribution < -0.4 is 5.56 Å². The normalized spacial score (nSPS) is 11.6. The summed E-state index contributed by atoms with van der Waals surface area (Å²) in [5, 5.41) is 6.67. The zero-order valence-electron chi connectivity index (χ0n) is 28.0. The Morgan fingerprint density at radius 3 is 2.22 bits per heavy atom. The first-order valence-electron chi connectivity index (χ1n) is 16.2. The van der Waals surface area contributed by atoms with E-state index in [0.717, 1.165) is 41.9 Å². The Kier molecular flexibility index (Phi) is 14.5. The van der Waals surface area contributed by atoms with E-state index in [-0.39, 0.29) is 49.3 Å². The number of nitrogens with zero attached hydrogens (tertiary/aromatic N) is 5. The number of ether oxygens (including phenoxy) is 1. The molecule has 0 aliphatic rings. The van der Waals surface area contributed by atoms with Crippen LogP contribution in [0.25, 0.3) is 11.1 Å². The second-order valence-electron chi connectivity index (χ2n) is 11.3. The number of benzene rings is 2. The number of halogens is 4. The fraction of sp³-hybridized carbons (Fsp3) is 0.400. The van der Waals surface area contributed by atoms with Crippen LogP contribution in [-0.2, 0) is 45.8 Å². The maximum Gasteiger partial charge on any atom is 0.416 e. The molecule has 0 radical (unpaired) electrons. The van der Waals surface area contributed by atoms with E-state index in [2.05, 4.69) is 15.0 Å². The maximum atomic E-state index is 14.0. The van der Waals surface area contributed by atoms with E-state index in [9.17, 15) is 27.6 Å². The van der Waals surface area contributed by atoms with E-state index in [0.29, 0.717) is 28.7 Å². The van der Waals surface area contributed by atoms with Crippen molar-refractivity contribution in [2.24, 2.45) is 0 Å². The van der Waals surface area contributed by atoms with Crippen molar-refractivity contribution in [3.8, 4) is 11.1 Å². The minimum absolute atomic E-state index is 0.0148. The van der Waals surface area contributed by atoms with Crippen molar-refractivity contribution in [3.63, 3.8) is 0 Å². The van der Waals surface area contributed by atoms with Crippen LogP contribution in [-0.4, -0.2) is 69.2 Å². The summed E-state index contributed by atoms with van der Waals surface area (Å²) in [4.78, 5) is 47.2. The summed E-state index contributed by atoms with van der Waals surface area (Å²) < 4.78 is 46.2. The van der Waals surface area contributed by atoms with Crippen molar-refractivity contribution in [1.29, 1.82) is 0 Å². The zero-order chi connectivity index (χ0) is 36.3. The van der Waals surface area contributed by atoms with Crippen LogP contribution >= 0.6 is 34.7 Å². The number of aromatic nitrogens is 3. The Hall–Kier alpha value is -3.72. The SMILES string of the molecule is CCOC(=O)CCc1nn(CC(=O)N(CCN(CC)CC)Cc2ccc(-c3ccc(C(F)(F)F)cc3)cc2)c(SCc2csc(Cl)c2)nc1=O. The number of hydrogen-bond donors (Lipinski definition) is 0. The van der Waals surface area contributed by atoms with Gasteiger partial charge in [0.05, 0.1) is 22.9 Å². The number of carbonyl (C=O) groups excluding carboxylic acids is 2. The maximum absolute atomic E-state index is 14.0. The van der Waals surface area contributed by atoms with Gasteiger partial charge < -0.3 is 14.5 Å². The van der Waals surface area contributed by atoms with Crippen LogP contribution in [0.2, 0.25) is 4.34 Å². The molecule has 0 unspecified atom stereocenters. The molecule has 0 aliphatic carbocycles. The molecule has 0 spiro atoms. The van der Waals surface area contributed by atoms with Crippen molar-refractivity contribution >= 4 is 46.6 Å². The molecule has 9 nitrogen and oxygen atoms in total. The number of thioether (sulfide) groups is 1. The Morgan fingerprint density at radius 1 is 0.980 bits per heavy atom. The zero-order valence-corrected chi connectivity index (χ0v) is 30.4. The molecule has 0 saturated carbocycles. The molecule has 0 aliphatic heterocycles. The molecule has 15 heteroatoms. The summed E-state index contributed by atoms with van der Waals surface area (Å²) in [6.45, 7) is 8.74. The molecule has 1 amide bonds. The first-order chi connectivity index (χ1) is 23.9. The largest absolute Gasteiger partial charge is 0.466 e. The summed E-state index contributed by atoms with van der Waals surface area (Å²) in [6, 6.07) is 14.2. The number of likely N-dealkylation sites (N-methyl/N-ethyl adjacent to an activating group) is 1. The van der Waals surface area contributed by atoms with Gasteiger partial charge >= 0.3 is 12.1 Å². The smallest absolute Gasteiger partial charge is 0.416 e. The predicted octanol–water partition coefficient (Wildman–Crippen LogP) is 7.20. The van der Waals surface area contributed by atoms with E-state index >= 15 is 0 Å². The van der Waals surface area contributed by atoms with Gasteiger partial charge in [0.15, 0.2) is 5.16 Å². The molecule has 4 rings (SSSR count). The van der Waals surface area contributed by atoms with Gasteiger partial charge in [-0.2, -0.15) is 23.3 Å². The van der Waals surface area contributed by atoms with E-state index in [1.165, 1.54) is 39.9 Å². The fourth-order valence-corrected chi connectivity index (χ4v) is 6.91. The third kappa shape index (κ3) is 11.4. The molecule has 0 fully saturated rings. The van der Waals surface area contributed by atoms with Crippen LogP contribution in [0.3, 0.4) is 0 Å². The molecule has 0 saturated heterocycles. The molecule has 0 atom stereocenters. The van der Waals surface area contributed by atoms with Crippen LogP contribution in [0.15, 0.2) is 69.9 Å². The average molecular weight is 750 g/mol. The number of amides is 1. The van der Waals surface area contributed by atoms with Gasteiger partial charge in [0.1, 0.15) is 12.2 Å². The van der Waals surface area contributed by atoms with Gasteiger partial charge in [-0.05, 0) is 65.8 Å². The van der Waals surface area contributed by atoms with Crippen molar-refractivity contribution in [1.82, 2.24) is 24.6 Å². The minimum atomic E-state index is -4.41. The standard InChI is InChI=1S/C35H39ClF3N5O4S2/c1-4-42(5-2)17-18-43(20-24-7-9-26(10-8-24)27-11-13-28(14-12-27)35(37,38)39)31(45)21-44-34(50-23-25-19-30(36)49-22-25)40-33(47)29(41-44)15-16-32(46)48-6-3/h7-14,19,22H,4-6,15-18,20-21,23H2,1-3H3. The summed E-state index contributed by atoms with van der Waals surface area (Å²) in [6.07, 6.45) is -4.45. The highest BCUT2D eigenvalue weighted by Gasteiger charge is 2.30. The van der Waals surface area contributed by atoms with E-state index in [1.807, 2.05) is 49.6 Å². The minimum Gasteiger partial charge on any atom is -0.466 e. The molecule has 2 aromatic heterocycles. The monoisotopic (exact) mass is 749 g/mol. The van der Waals surface area contributed by atoms with Gasteiger partial charge in [-0.15, -0.1) is 11.3 Å². The number of carbonyl (C=O) groups is 2. The highest BCUT2D eigenvalue weighted by molar-refractivity contribution is 7.98. The first kappa shape index (κ1) is 39.1. The lowest BCUT2D eigenvalue weighted by atomic mass is 10.0. The van der Waals surface area contributed by atoms with E-state index in [1.54, 1.807) is 11.8 Å². The van der Waals surface area contributed by atoms with Gasteiger partial charge in [0.2, 0.25) is 5.91 Å². The number of thiophene rings is 1. The van der Waals surface area contributed by atoms with Gasteiger partial charge in [-0.3, -0.25) is 14.4 Å². The third-order valence-corrected chi connectivity index (χ3v) is 10.0. The van der Waals surface area contributed by atoms with Crippen LogP contribution in [0, 0.1) is 0 Å². The van der Waals surface area contributed by atoms with Crippen LogP contribution in [0.4, 0.5) is 13.2 Å². The summed E-state index contributed by atoms with van der Waals surface area (Å²) in [5.41, 5.74) is 1.93. The van der Waals surface area contributed by atoms with Gasteiger partial charge in [-0.1, -0.05) is 73.6 Å². The summed E-state index contributed by atoms with van der Waals surface area (Å²) in [5.74, 6) is -0.264. The van der Waals surface area contributed by atoms with Crippen molar-refractivity contribution < 1.29 is 27.5 Å². The fourth-order valence-electron chi connectivity index (χ4n) is 5.03. The summed E-state index contributed by atoms with van der Waals surface area (Å²) in [7, 11) is 0. The van der Waals surface area contributed by atoms with E-state index in [4.69, 9.17) is 16.3 Å². The van der Waals surface area contributed by atoms with Crippen molar-refractivity contribution in [2.75, 3.05) is 32.8 Å². The molecule has 50 heavy (non-hydrogen) atoms. The Morgan fingerprint density at radius 2 is 1.64 bits per heavy atom. The quantitative estimate of drug-likeness (QED) is 0.0827. The lowest BCUT2D eigenvalue weighted by Gasteiger charge is -2.27. The highest BCUT2D eigenvalue weighted by atomic mass is 35.5. The van der Waals surface area contributed by atoms with Crippen molar-refractivity contribution in [3.05, 3.63) is 97.1 Å². The molecular weight excluding hydrogens is 711 g/mol. The average Bonchev–Trinajstić information content (AvgIpc) is 3.52. The molecule has 2 aromatic carbocycles. The molecule has 0 N–H and O–H groups in total. The van der Waals surface area contributed by atoms with E-state index < -0.39 is 23.3 Å². The van der Waals surface area contributed by atoms with Gasteiger partial charge in [0.25, 0.3) is 5.56 Å². The highest BCUT2D eigenvalue weighted by Crippen LogP contribution is 2.31. The topological polar surface area (TPSA) is 97.6 Å². The van der Waals surface area contributed by atoms with Crippen LogP contribution in [0.5, 0.6) is 0 Å². The lowest BCUT2D eigenvalue weighted by molar-refractivity contribution is -0.143. The molecule has 0 bridgehead atoms. The van der Waals surface area contributed by atoms with Crippen LogP contribution in [0.1, 0.15) is 49.6 Å². The first-order valence-corrected chi connectivity index (χ1v) is 18.4. The summed E-state index contributed by atoms with van der Waals surface area (Å²) >= 11 is 8.75. The number of aryl methyl sites for hydroxylation is 1. The number of rotatable bonds is 17. The molecule has 4 aromatic rings. The predicted molar refractivity (Wildman–Crippen MR) is 190 cm³/mol. The number of hydrogen-bond acceptors (Lipinski definition) is 9. The third-order valence-electron chi connectivity index (χ3n) is 7.86. The Balaban J connectivity index is 1.58.